The zero-order valence-corrected chi connectivity index (χ0v) is 9.31. The maximum absolute atomic E-state index is 13.4. The fraction of sp³-hybridized carbons (Fsp3) is 0.400. The predicted octanol–water partition coefficient (Wildman–Crippen LogP) is 3.18. The first-order valence-electron chi connectivity index (χ1n) is 4.47. The third-order valence-electron chi connectivity index (χ3n) is 2.36. The Bertz CT molecular complexity index is 338. The molecule has 0 radical (unpaired) electrons. The summed E-state index contributed by atoms with van der Waals surface area (Å²) >= 11 is 3.05. The fourth-order valence-electron chi connectivity index (χ4n) is 1.72. The van der Waals surface area contributed by atoms with Gasteiger partial charge in [0.1, 0.15) is 5.69 Å². The van der Waals surface area contributed by atoms with Crippen LogP contribution in [0.2, 0.25) is 0 Å². The van der Waals surface area contributed by atoms with E-state index in [1.54, 1.807) is 4.90 Å². The van der Waals surface area contributed by atoms with Crippen molar-refractivity contribution in [1.29, 1.82) is 0 Å². The van der Waals surface area contributed by atoms with Crippen molar-refractivity contribution in [2.24, 2.45) is 5.92 Å². The molecule has 0 saturated carbocycles. The molecule has 76 valence electrons. The van der Waals surface area contributed by atoms with Gasteiger partial charge in [-0.25, -0.2) is 8.78 Å². The first kappa shape index (κ1) is 9.90. The Balaban J connectivity index is 2.33. The van der Waals surface area contributed by atoms with E-state index in [4.69, 9.17) is 0 Å². The summed E-state index contributed by atoms with van der Waals surface area (Å²) < 4.78 is 27.2. The minimum Gasteiger partial charge on any atom is -0.366 e. The molecule has 0 unspecified atom stereocenters. The summed E-state index contributed by atoms with van der Waals surface area (Å²) in [5.41, 5.74) is 0.103. The van der Waals surface area contributed by atoms with Crippen LogP contribution in [0, 0.1) is 17.6 Å². The van der Waals surface area contributed by atoms with E-state index in [1.165, 1.54) is 12.1 Å². The molecular formula is C10H10BrF2N. The second-order valence-corrected chi connectivity index (χ2v) is 4.64. The Morgan fingerprint density at radius 3 is 2.21 bits per heavy atom. The highest BCUT2D eigenvalue weighted by atomic mass is 79.9. The van der Waals surface area contributed by atoms with Crippen molar-refractivity contribution in [2.75, 3.05) is 18.0 Å². The van der Waals surface area contributed by atoms with Crippen LogP contribution in [0.4, 0.5) is 14.5 Å². The number of nitrogens with zero attached hydrogens (tertiary/aromatic N) is 1. The number of halogens is 3. The molecule has 0 amide bonds. The van der Waals surface area contributed by atoms with Crippen molar-refractivity contribution in [3.63, 3.8) is 0 Å². The van der Waals surface area contributed by atoms with Crippen LogP contribution in [0.15, 0.2) is 16.6 Å². The Labute approximate surface area is 89.8 Å². The Morgan fingerprint density at radius 2 is 1.79 bits per heavy atom. The number of benzene rings is 1. The first-order valence-corrected chi connectivity index (χ1v) is 5.26. The molecule has 2 rings (SSSR count). The molecule has 0 aromatic heterocycles. The summed E-state index contributed by atoms with van der Waals surface area (Å²) in [5.74, 6) is -0.468. The normalized spacial score (nSPS) is 17.0. The smallest absolute Gasteiger partial charge is 0.150 e. The maximum Gasteiger partial charge on any atom is 0.150 e. The van der Waals surface area contributed by atoms with E-state index in [9.17, 15) is 8.78 Å². The van der Waals surface area contributed by atoms with Crippen molar-refractivity contribution < 1.29 is 8.78 Å². The standard InChI is InChI=1S/C10H10BrF2N/c1-6-4-14(5-6)10-8(12)2-7(11)3-9(10)13/h2-3,6H,4-5H2,1H3. The zero-order valence-electron chi connectivity index (χ0n) is 7.73. The summed E-state index contributed by atoms with van der Waals surface area (Å²) in [6.45, 7) is 3.52. The third kappa shape index (κ3) is 1.63. The van der Waals surface area contributed by atoms with Crippen molar-refractivity contribution in [2.45, 2.75) is 6.92 Å². The highest BCUT2D eigenvalue weighted by molar-refractivity contribution is 9.10. The van der Waals surface area contributed by atoms with Crippen LogP contribution in [0.3, 0.4) is 0 Å². The van der Waals surface area contributed by atoms with Crippen molar-refractivity contribution >= 4 is 21.6 Å². The highest BCUT2D eigenvalue weighted by Gasteiger charge is 2.27. The van der Waals surface area contributed by atoms with Crippen molar-refractivity contribution in [3.05, 3.63) is 28.2 Å². The molecule has 0 bridgehead atoms. The molecule has 0 N–H and O–H groups in total. The Morgan fingerprint density at radius 1 is 1.29 bits per heavy atom. The van der Waals surface area contributed by atoms with Crippen LogP contribution in [-0.2, 0) is 0 Å². The lowest BCUT2D eigenvalue weighted by Gasteiger charge is -2.39. The molecule has 4 heteroatoms. The minimum absolute atomic E-state index is 0.103. The summed E-state index contributed by atoms with van der Waals surface area (Å²) in [4.78, 5) is 1.72. The van der Waals surface area contributed by atoms with Gasteiger partial charge in [0.25, 0.3) is 0 Å². The van der Waals surface area contributed by atoms with Crippen LogP contribution in [-0.4, -0.2) is 13.1 Å². The molecule has 14 heavy (non-hydrogen) atoms. The number of rotatable bonds is 1. The molecular weight excluding hydrogens is 252 g/mol. The fourth-order valence-corrected chi connectivity index (χ4v) is 2.12. The molecule has 1 aromatic rings. The van der Waals surface area contributed by atoms with Crippen LogP contribution < -0.4 is 4.90 Å². The van der Waals surface area contributed by atoms with Gasteiger partial charge in [0.2, 0.25) is 0 Å². The molecule has 1 fully saturated rings. The monoisotopic (exact) mass is 261 g/mol. The van der Waals surface area contributed by atoms with Gasteiger partial charge >= 0.3 is 0 Å². The van der Waals surface area contributed by atoms with E-state index in [0.717, 1.165) is 13.1 Å². The number of hydrogen-bond donors (Lipinski definition) is 0. The third-order valence-corrected chi connectivity index (χ3v) is 2.82. The van der Waals surface area contributed by atoms with Gasteiger partial charge in [-0.15, -0.1) is 0 Å². The first-order chi connectivity index (χ1) is 6.58. The van der Waals surface area contributed by atoms with Crippen LogP contribution in [0.1, 0.15) is 6.92 Å². The Hall–Kier alpha value is -0.640. The topological polar surface area (TPSA) is 3.24 Å². The van der Waals surface area contributed by atoms with E-state index in [0.29, 0.717) is 10.4 Å². The quantitative estimate of drug-likeness (QED) is 0.751. The summed E-state index contributed by atoms with van der Waals surface area (Å²) in [5, 5.41) is 0. The van der Waals surface area contributed by atoms with Gasteiger partial charge in [-0.3, -0.25) is 0 Å². The predicted molar refractivity (Wildman–Crippen MR) is 55.4 cm³/mol. The largest absolute Gasteiger partial charge is 0.366 e. The number of anilines is 1. The van der Waals surface area contributed by atoms with Gasteiger partial charge in [0.05, 0.1) is 0 Å². The van der Waals surface area contributed by atoms with Crippen LogP contribution in [0.5, 0.6) is 0 Å². The number of hydrogen-bond acceptors (Lipinski definition) is 1. The van der Waals surface area contributed by atoms with Gasteiger partial charge in [-0.1, -0.05) is 22.9 Å². The summed E-state index contributed by atoms with van der Waals surface area (Å²) in [6, 6.07) is 2.59. The molecule has 1 saturated heterocycles. The lowest BCUT2D eigenvalue weighted by atomic mass is 10.0. The Kier molecular flexibility index (Phi) is 2.47. The minimum atomic E-state index is -0.497. The van der Waals surface area contributed by atoms with Crippen molar-refractivity contribution in [1.82, 2.24) is 0 Å². The lowest BCUT2D eigenvalue weighted by molar-refractivity contribution is 0.429. The van der Waals surface area contributed by atoms with Gasteiger partial charge in [-0.05, 0) is 18.1 Å². The summed E-state index contributed by atoms with van der Waals surface area (Å²) in [6.07, 6.45) is 0. The van der Waals surface area contributed by atoms with Crippen LogP contribution in [0.25, 0.3) is 0 Å². The molecule has 1 nitrogen and oxygen atoms in total. The second-order valence-electron chi connectivity index (χ2n) is 3.73. The SMILES string of the molecule is CC1CN(c2c(F)cc(Br)cc2F)C1. The molecule has 0 spiro atoms. The van der Waals surface area contributed by atoms with E-state index in [1.807, 2.05) is 0 Å². The van der Waals surface area contributed by atoms with E-state index in [-0.39, 0.29) is 5.69 Å². The molecule has 1 aliphatic heterocycles. The van der Waals surface area contributed by atoms with E-state index in [2.05, 4.69) is 22.9 Å². The van der Waals surface area contributed by atoms with Crippen LogP contribution >= 0.6 is 15.9 Å². The van der Waals surface area contributed by atoms with Gasteiger partial charge in [-0.2, -0.15) is 0 Å². The van der Waals surface area contributed by atoms with E-state index < -0.39 is 11.6 Å². The molecule has 0 atom stereocenters. The van der Waals surface area contributed by atoms with E-state index >= 15 is 0 Å². The second kappa shape index (κ2) is 3.50. The average Bonchev–Trinajstić information content (AvgIpc) is 1.99. The van der Waals surface area contributed by atoms with Gasteiger partial charge in [0, 0.05) is 17.6 Å². The zero-order chi connectivity index (χ0) is 10.3. The average molecular weight is 262 g/mol. The maximum atomic E-state index is 13.4. The van der Waals surface area contributed by atoms with Gasteiger partial charge < -0.3 is 4.90 Å². The lowest BCUT2D eigenvalue weighted by Crippen LogP contribution is -2.46. The molecule has 1 aliphatic rings. The molecule has 1 aromatic carbocycles. The van der Waals surface area contributed by atoms with Gasteiger partial charge in [0.15, 0.2) is 11.6 Å². The summed E-state index contributed by atoms with van der Waals surface area (Å²) in [7, 11) is 0. The molecule has 1 heterocycles. The molecule has 0 aliphatic carbocycles. The highest BCUT2D eigenvalue weighted by Crippen LogP contribution is 2.31. The van der Waals surface area contributed by atoms with Crippen molar-refractivity contribution in [3.8, 4) is 0 Å².